The second-order valence-corrected chi connectivity index (χ2v) is 7.42. The molecular weight excluding hydrogens is 322 g/mol. The smallest absolute Gasteiger partial charge is 0.259 e. The van der Waals surface area contributed by atoms with E-state index in [0.717, 1.165) is 15.3 Å². The molecule has 0 unspecified atom stereocenters. The molecule has 3 heterocycles. The predicted molar refractivity (Wildman–Crippen MR) is 94.2 cm³/mol. The lowest BCUT2D eigenvalue weighted by Gasteiger charge is -2.16. The van der Waals surface area contributed by atoms with Crippen molar-refractivity contribution in [3.63, 3.8) is 0 Å². The van der Waals surface area contributed by atoms with Gasteiger partial charge in [0, 0.05) is 30.3 Å². The molecule has 1 saturated heterocycles. The van der Waals surface area contributed by atoms with Gasteiger partial charge in [-0.05, 0) is 18.6 Å². The summed E-state index contributed by atoms with van der Waals surface area (Å²) in [7, 11) is 0. The van der Waals surface area contributed by atoms with Crippen LogP contribution in [0.2, 0.25) is 0 Å². The van der Waals surface area contributed by atoms with Gasteiger partial charge >= 0.3 is 0 Å². The molecular formula is C18H17N3O2S. The zero-order valence-corrected chi connectivity index (χ0v) is 14.1. The average Bonchev–Trinajstić information content (AvgIpc) is 3.11. The van der Waals surface area contributed by atoms with Crippen molar-refractivity contribution >= 4 is 27.5 Å². The number of thiophene rings is 1. The summed E-state index contributed by atoms with van der Waals surface area (Å²) >= 11 is 1.51. The number of aromatic nitrogens is 2. The van der Waals surface area contributed by atoms with Gasteiger partial charge in [0.15, 0.2) is 0 Å². The second-order valence-electron chi connectivity index (χ2n) is 6.19. The Morgan fingerprint density at radius 3 is 2.88 bits per heavy atom. The van der Waals surface area contributed by atoms with E-state index >= 15 is 0 Å². The molecule has 2 aromatic heterocycles. The number of hydrogen-bond donors (Lipinski definition) is 1. The molecule has 0 bridgehead atoms. The topological polar surface area (TPSA) is 66.1 Å². The summed E-state index contributed by atoms with van der Waals surface area (Å²) < 4.78 is 0. The third-order valence-corrected chi connectivity index (χ3v) is 5.31. The van der Waals surface area contributed by atoms with E-state index in [-0.39, 0.29) is 17.4 Å². The summed E-state index contributed by atoms with van der Waals surface area (Å²) in [6.07, 6.45) is 0.394. The molecule has 122 valence electrons. The van der Waals surface area contributed by atoms with Crippen LogP contribution in [-0.2, 0) is 11.3 Å². The Kier molecular flexibility index (Phi) is 3.69. The third-order valence-electron chi connectivity index (χ3n) is 4.36. The van der Waals surface area contributed by atoms with Crippen LogP contribution in [0, 0.1) is 6.92 Å². The second kappa shape index (κ2) is 5.87. The molecule has 6 heteroatoms. The Labute approximate surface area is 143 Å². The van der Waals surface area contributed by atoms with Gasteiger partial charge in [-0.25, -0.2) is 4.98 Å². The fourth-order valence-corrected chi connectivity index (χ4v) is 4.06. The zero-order chi connectivity index (χ0) is 16.7. The average molecular weight is 339 g/mol. The van der Waals surface area contributed by atoms with Gasteiger partial charge in [0.05, 0.1) is 5.39 Å². The zero-order valence-electron chi connectivity index (χ0n) is 13.3. The van der Waals surface area contributed by atoms with E-state index in [2.05, 4.69) is 9.97 Å². The van der Waals surface area contributed by atoms with Crippen LogP contribution >= 0.6 is 11.3 Å². The number of carbonyl (C=O) groups is 1. The predicted octanol–water partition coefficient (Wildman–Crippen LogP) is 2.81. The lowest BCUT2D eigenvalue weighted by atomic mass is 10.1. The van der Waals surface area contributed by atoms with Gasteiger partial charge in [-0.1, -0.05) is 30.3 Å². The standard InChI is InChI=1S/C18H17N3O2S/c1-11-7-14-17(23)19-16(20-18(14)24-11)13-8-15(22)21(10-13)9-12-5-3-2-4-6-12/h2-7,13H,8-10H2,1H3,(H,19,20,23)/t13-/m1/s1. The van der Waals surface area contributed by atoms with Gasteiger partial charge in [-0.2, -0.15) is 0 Å². The highest BCUT2D eigenvalue weighted by Crippen LogP contribution is 2.28. The van der Waals surface area contributed by atoms with Gasteiger partial charge in [0.2, 0.25) is 5.91 Å². The fraction of sp³-hybridized carbons (Fsp3) is 0.278. The van der Waals surface area contributed by atoms with E-state index in [4.69, 9.17) is 0 Å². The van der Waals surface area contributed by atoms with E-state index < -0.39 is 0 Å². The number of aromatic amines is 1. The minimum atomic E-state index is -0.117. The molecule has 1 fully saturated rings. The SMILES string of the molecule is Cc1cc2c(=O)[nH]c([C@@H]3CC(=O)N(Cc4ccccc4)C3)nc2s1. The van der Waals surface area contributed by atoms with Crippen LogP contribution < -0.4 is 5.56 Å². The summed E-state index contributed by atoms with van der Waals surface area (Å²) in [6, 6.07) is 11.8. The van der Waals surface area contributed by atoms with Crippen LogP contribution in [0.5, 0.6) is 0 Å². The molecule has 1 aromatic carbocycles. The number of rotatable bonds is 3. The molecule has 1 aliphatic heterocycles. The number of aryl methyl sites for hydroxylation is 1. The Bertz CT molecular complexity index is 961. The lowest BCUT2D eigenvalue weighted by Crippen LogP contribution is -2.24. The summed E-state index contributed by atoms with van der Waals surface area (Å²) in [4.78, 5) is 35.7. The highest BCUT2D eigenvalue weighted by atomic mass is 32.1. The van der Waals surface area contributed by atoms with Gasteiger partial charge in [0.25, 0.3) is 5.56 Å². The van der Waals surface area contributed by atoms with Gasteiger partial charge in [-0.3, -0.25) is 9.59 Å². The number of carbonyl (C=O) groups excluding carboxylic acids is 1. The molecule has 3 aromatic rings. The van der Waals surface area contributed by atoms with Crippen LogP contribution in [0.4, 0.5) is 0 Å². The molecule has 0 aliphatic carbocycles. The van der Waals surface area contributed by atoms with E-state index in [1.165, 1.54) is 11.3 Å². The summed E-state index contributed by atoms with van der Waals surface area (Å²) in [5, 5.41) is 0.631. The number of nitrogens with zero attached hydrogens (tertiary/aromatic N) is 2. The number of amides is 1. The molecule has 1 atom stereocenters. The fourth-order valence-electron chi connectivity index (χ4n) is 3.17. The maximum Gasteiger partial charge on any atom is 0.259 e. The van der Waals surface area contributed by atoms with Crippen LogP contribution in [0.15, 0.2) is 41.2 Å². The maximum absolute atomic E-state index is 12.3. The summed E-state index contributed by atoms with van der Waals surface area (Å²) in [6.45, 7) is 3.15. The molecule has 4 rings (SSSR count). The molecule has 1 N–H and O–H groups in total. The first kappa shape index (κ1) is 15.1. The van der Waals surface area contributed by atoms with E-state index in [1.807, 2.05) is 48.2 Å². The van der Waals surface area contributed by atoms with Gasteiger partial charge in [0.1, 0.15) is 10.7 Å². The van der Waals surface area contributed by atoms with Gasteiger partial charge in [-0.15, -0.1) is 11.3 Å². The largest absolute Gasteiger partial charge is 0.338 e. The van der Waals surface area contributed by atoms with Crippen molar-refractivity contribution in [2.45, 2.75) is 25.8 Å². The minimum Gasteiger partial charge on any atom is -0.338 e. The molecule has 0 saturated carbocycles. The number of fused-ring (bicyclic) bond motifs is 1. The van der Waals surface area contributed by atoms with Crippen LogP contribution in [0.3, 0.4) is 0 Å². The molecule has 1 amide bonds. The molecule has 1 aliphatic rings. The normalized spacial score (nSPS) is 17.8. The van der Waals surface area contributed by atoms with Crippen molar-refractivity contribution < 1.29 is 4.79 Å². The number of H-pyrrole nitrogens is 1. The van der Waals surface area contributed by atoms with Crippen LogP contribution in [-0.4, -0.2) is 27.3 Å². The monoisotopic (exact) mass is 339 g/mol. The third kappa shape index (κ3) is 2.73. The number of nitrogens with one attached hydrogen (secondary N) is 1. The van der Waals surface area contributed by atoms with E-state index in [9.17, 15) is 9.59 Å². The van der Waals surface area contributed by atoms with Crippen molar-refractivity contribution in [2.75, 3.05) is 6.54 Å². The first-order valence-electron chi connectivity index (χ1n) is 7.92. The Balaban J connectivity index is 1.59. The van der Waals surface area contributed by atoms with Crippen molar-refractivity contribution in [1.82, 2.24) is 14.9 Å². The van der Waals surface area contributed by atoms with Gasteiger partial charge < -0.3 is 9.88 Å². The highest BCUT2D eigenvalue weighted by molar-refractivity contribution is 7.18. The number of likely N-dealkylation sites (tertiary alicyclic amines) is 1. The summed E-state index contributed by atoms with van der Waals surface area (Å²) in [5.41, 5.74) is 0.991. The van der Waals surface area contributed by atoms with Crippen molar-refractivity contribution in [2.24, 2.45) is 0 Å². The Morgan fingerprint density at radius 2 is 2.08 bits per heavy atom. The Morgan fingerprint density at radius 1 is 1.29 bits per heavy atom. The van der Waals surface area contributed by atoms with E-state index in [1.54, 1.807) is 0 Å². The Hall–Kier alpha value is -2.47. The maximum atomic E-state index is 12.3. The van der Waals surface area contributed by atoms with Crippen LogP contribution in [0.1, 0.15) is 28.6 Å². The number of benzene rings is 1. The first-order chi connectivity index (χ1) is 11.6. The molecule has 0 radical (unpaired) electrons. The number of hydrogen-bond acceptors (Lipinski definition) is 4. The van der Waals surface area contributed by atoms with Crippen molar-refractivity contribution in [3.05, 3.63) is 63.0 Å². The van der Waals surface area contributed by atoms with Crippen molar-refractivity contribution in [1.29, 1.82) is 0 Å². The van der Waals surface area contributed by atoms with Crippen molar-refractivity contribution in [3.8, 4) is 0 Å². The lowest BCUT2D eigenvalue weighted by molar-refractivity contribution is -0.128. The highest BCUT2D eigenvalue weighted by Gasteiger charge is 2.32. The first-order valence-corrected chi connectivity index (χ1v) is 8.74. The van der Waals surface area contributed by atoms with Crippen LogP contribution in [0.25, 0.3) is 10.2 Å². The molecule has 5 nitrogen and oxygen atoms in total. The van der Waals surface area contributed by atoms with E-state index in [0.29, 0.717) is 30.7 Å². The quantitative estimate of drug-likeness (QED) is 0.798. The summed E-state index contributed by atoms with van der Waals surface area (Å²) in [5.74, 6) is 0.674. The molecule has 0 spiro atoms. The molecule has 24 heavy (non-hydrogen) atoms. The minimum absolute atomic E-state index is 0.0549.